The highest BCUT2D eigenvalue weighted by Gasteiger charge is 2.33. The van der Waals surface area contributed by atoms with Crippen LogP contribution in [0, 0.1) is 0 Å². The third-order valence-electron chi connectivity index (χ3n) is 3.62. The van der Waals surface area contributed by atoms with Crippen molar-refractivity contribution in [2.75, 3.05) is 25.2 Å². The monoisotopic (exact) mass is 416 g/mol. The van der Waals surface area contributed by atoms with E-state index in [-0.39, 0.29) is 18.1 Å². The summed E-state index contributed by atoms with van der Waals surface area (Å²) in [6.45, 7) is -0.314. The Balaban J connectivity index is 2.08. The number of thioether (sulfide) groups is 1. The average molecular weight is 417 g/mol. The molecule has 1 N–H and O–H groups in total. The quantitative estimate of drug-likeness (QED) is 0.713. The fourth-order valence-corrected chi connectivity index (χ4v) is 3.15. The number of carbonyl (C=O) groups excluding carboxylic acids is 2. The van der Waals surface area contributed by atoms with Crippen molar-refractivity contribution in [2.45, 2.75) is 11.1 Å². The lowest BCUT2D eigenvalue weighted by atomic mass is 10.2. The Morgan fingerprint density at radius 3 is 2.48 bits per heavy atom. The average Bonchev–Trinajstić information content (AvgIpc) is 2.61. The second-order valence-electron chi connectivity index (χ2n) is 5.60. The first kappa shape index (κ1) is 21.1. The maximum Gasteiger partial charge on any atom is 0.417 e. The maximum atomic E-state index is 12.9. The molecular formula is C18H16ClF3N2O2S. The third kappa shape index (κ3) is 5.40. The van der Waals surface area contributed by atoms with Crippen LogP contribution in [0.15, 0.2) is 47.4 Å². The highest BCUT2D eigenvalue weighted by molar-refractivity contribution is 7.98. The normalized spacial score (nSPS) is 11.2. The van der Waals surface area contributed by atoms with Gasteiger partial charge in [-0.05, 0) is 36.6 Å². The molecular weight excluding hydrogens is 401 g/mol. The summed E-state index contributed by atoms with van der Waals surface area (Å²) in [4.78, 5) is 26.6. The molecule has 0 aliphatic carbocycles. The minimum Gasteiger partial charge on any atom is -0.332 e. The largest absolute Gasteiger partial charge is 0.417 e. The summed E-state index contributed by atoms with van der Waals surface area (Å²) < 4.78 is 38.7. The molecule has 2 amide bonds. The van der Waals surface area contributed by atoms with Crippen LogP contribution >= 0.6 is 23.4 Å². The molecule has 2 aromatic carbocycles. The predicted molar refractivity (Wildman–Crippen MR) is 100 cm³/mol. The minimum absolute atomic E-state index is 0.0536. The van der Waals surface area contributed by atoms with Crippen LogP contribution in [-0.2, 0) is 11.0 Å². The van der Waals surface area contributed by atoms with Gasteiger partial charge in [-0.15, -0.1) is 11.8 Å². The molecule has 4 nitrogen and oxygen atoms in total. The topological polar surface area (TPSA) is 49.4 Å². The van der Waals surface area contributed by atoms with Gasteiger partial charge in [0.05, 0.1) is 22.7 Å². The zero-order valence-corrected chi connectivity index (χ0v) is 16.0. The molecule has 0 aliphatic heterocycles. The summed E-state index contributed by atoms with van der Waals surface area (Å²) >= 11 is 6.95. The van der Waals surface area contributed by atoms with Gasteiger partial charge in [0.15, 0.2) is 0 Å². The fraction of sp³-hybridized carbons (Fsp3) is 0.222. The Morgan fingerprint density at radius 2 is 1.85 bits per heavy atom. The van der Waals surface area contributed by atoms with Crippen LogP contribution < -0.4 is 5.32 Å². The zero-order valence-electron chi connectivity index (χ0n) is 14.4. The van der Waals surface area contributed by atoms with E-state index in [9.17, 15) is 22.8 Å². The van der Waals surface area contributed by atoms with Crippen molar-refractivity contribution in [3.8, 4) is 0 Å². The van der Waals surface area contributed by atoms with Crippen LogP contribution in [0.5, 0.6) is 0 Å². The molecule has 0 aliphatic rings. The van der Waals surface area contributed by atoms with E-state index < -0.39 is 22.7 Å². The number of benzene rings is 2. The summed E-state index contributed by atoms with van der Waals surface area (Å²) in [7, 11) is 1.45. The zero-order chi connectivity index (χ0) is 20.2. The summed E-state index contributed by atoms with van der Waals surface area (Å²) in [5, 5.41) is 1.89. The standard InChI is InChI=1S/C18H16ClF3N2O2S/c1-24(17(26)12-5-3-4-6-15(12)27-2)10-16(25)23-11-7-8-14(19)13(9-11)18(20,21)22/h3-9H,10H2,1-2H3,(H,23,25). The predicted octanol–water partition coefficient (Wildman–Crippen LogP) is 4.79. The molecule has 2 rings (SSSR count). The van der Waals surface area contributed by atoms with E-state index in [4.69, 9.17) is 11.6 Å². The molecule has 0 bridgehead atoms. The molecule has 0 saturated carbocycles. The van der Waals surface area contributed by atoms with Crippen molar-refractivity contribution in [1.82, 2.24) is 4.90 Å². The van der Waals surface area contributed by atoms with E-state index in [0.29, 0.717) is 5.56 Å². The first-order chi connectivity index (χ1) is 12.6. The van der Waals surface area contributed by atoms with Crippen molar-refractivity contribution in [2.24, 2.45) is 0 Å². The van der Waals surface area contributed by atoms with Crippen LogP contribution in [-0.4, -0.2) is 36.6 Å². The van der Waals surface area contributed by atoms with Crippen molar-refractivity contribution in [1.29, 1.82) is 0 Å². The second kappa shape index (κ2) is 8.67. The van der Waals surface area contributed by atoms with E-state index in [2.05, 4.69) is 5.32 Å². The van der Waals surface area contributed by atoms with E-state index >= 15 is 0 Å². The van der Waals surface area contributed by atoms with Gasteiger partial charge in [0, 0.05) is 17.6 Å². The van der Waals surface area contributed by atoms with Gasteiger partial charge in [-0.1, -0.05) is 23.7 Å². The number of hydrogen-bond acceptors (Lipinski definition) is 3. The summed E-state index contributed by atoms with van der Waals surface area (Å²) in [5.74, 6) is -0.981. The lowest BCUT2D eigenvalue weighted by Gasteiger charge is -2.18. The highest BCUT2D eigenvalue weighted by Crippen LogP contribution is 2.36. The Labute approximate surface area is 163 Å². The molecule has 0 saturated heterocycles. The lowest BCUT2D eigenvalue weighted by molar-refractivity contribution is -0.137. The number of halogens is 4. The molecule has 0 atom stereocenters. The maximum absolute atomic E-state index is 12.9. The fourth-order valence-electron chi connectivity index (χ4n) is 2.33. The summed E-state index contributed by atoms with van der Waals surface area (Å²) in [6, 6.07) is 10.0. The van der Waals surface area contributed by atoms with Crippen molar-refractivity contribution >= 4 is 40.9 Å². The minimum atomic E-state index is -4.63. The third-order valence-corrected chi connectivity index (χ3v) is 4.75. The number of amides is 2. The smallest absolute Gasteiger partial charge is 0.332 e. The molecule has 9 heteroatoms. The molecule has 0 heterocycles. The van der Waals surface area contributed by atoms with Crippen molar-refractivity contribution in [3.05, 3.63) is 58.6 Å². The number of carbonyl (C=O) groups is 2. The number of nitrogens with zero attached hydrogens (tertiary/aromatic N) is 1. The number of hydrogen-bond donors (Lipinski definition) is 1. The lowest BCUT2D eigenvalue weighted by Crippen LogP contribution is -2.35. The van der Waals surface area contributed by atoms with E-state index in [1.165, 1.54) is 29.8 Å². The Hall–Kier alpha value is -2.19. The number of anilines is 1. The first-order valence-corrected chi connectivity index (χ1v) is 9.29. The van der Waals surface area contributed by atoms with Gasteiger partial charge in [-0.2, -0.15) is 13.2 Å². The van der Waals surface area contributed by atoms with Crippen molar-refractivity contribution in [3.63, 3.8) is 0 Å². The van der Waals surface area contributed by atoms with Crippen LogP contribution in [0.4, 0.5) is 18.9 Å². The highest BCUT2D eigenvalue weighted by atomic mass is 35.5. The summed E-state index contributed by atoms with van der Waals surface area (Å²) in [5.41, 5.74) is -0.645. The van der Waals surface area contributed by atoms with Gasteiger partial charge in [-0.25, -0.2) is 0 Å². The van der Waals surface area contributed by atoms with E-state index in [0.717, 1.165) is 17.0 Å². The summed E-state index contributed by atoms with van der Waals surface area (Å²) in [6.07, 6.45) is -2.80. The first-order valence-electron chi connectivity index (χ1n) is 7.68. The molecule has 0 fully saturated rings. The second-order valence-corrected chi connectivity index (χ2v) is 6.86. The van der Waals surface area contributed by atoms with E-state index in [1.54, 1.807) is 24.3 Å². The van der Waals surface area contributed by atoms with Gasteiger partial charge in [-0.3, -0.25) is 9.59 Å². The number of alkyl halides is 3. The molecule has 0 spiro atoms. The van der Waals surface area contributed by atoms with Crippen LogP contribution in [0.3, 0.4) is 0 Å². The molecule has 27 heavy (non-hydrogen) atoms. The number of nitrogens with one attached hydrogen (secondary N) is 1. The van der Waals surface area contributed by atoms with E-state index in [1.807, 2.05) is 6.26 Å². The van der Waals surface area contributed by atoms with Gasteiger partial charge < -0.3 is 10.2 Å². The van der Waals surface area contributed by atoms with Crippen LogP contribution in [0.2, 0.25) is 5.02 Å². The van der Waals surface area contributed by atoms with Crippen molar-refractivity contribution < 1.29 is 22.8 Å². The molecule has 0 unspecified atom stereocenters. The molecule has 2 aromatic rings. The molecule has 0 aromatic heterocycles. The molecule has 144 valence electrons. The number of likely N-dealkylation sites (N-methyl/N-ethyl adjacent to an activating group) is 1. The Morgan fingerprint density at radius 1 is 1.19 bits per heavy atom. The number of rotatable bonds is 5. The SMILES string of the molecule is CSc1ccccc1C(=O)N(C)CC(=O)Nc1ccc(Cl)c(C(F)(F)F)c1. The Bertz CT molecular complexity index is 859. The Kier molecular flexibility index (Phi) is 6.78. The van der Waals surface area contributed by atoms with Gasteiger partial charge in [0.25, 0.3) is 5.91 Å². The van der Waals surface area contributed by atoms with Crippen LogP contribution in [0.1, 0.15) is 15.9 Å². The van der Waals surface area contributed by atoms with Gasteiger partial charge in [0.2, 0.25) is 5.91 Å². The molecule has 0 radical (unpaired) electrons. The van der Waals surface area contributed by atoms with Gasteiger partial charge >= 0.3 is 6.18 Å². The van der Waals surface area contributed by atoms with Gasteiger partial charge in [0.1, 0.15) is 0 Å². The van der Waals surface area contributed by atoms with Crippen LogP contribution in [0.25, 0.3) is 0 Å².